The number of rotatable bonds is 6. The zero-order chi connectivity index (χ0) is 24.2. The summed E-state index contributed by atoms with van der Waals surface area (Å²) >= 11 is 0. The number of furan rings is 1. The Labute approximate surface area is 202 Å². The van der Waals surface area contributed by atoms with Crippen LogP contribution in [0.2, 0.25) is 0 Å². The van der Waals surface area contributed by atoms with E-state index in [1.165, 1.54) is 0 Å². The molecule has 1 aliphatic heterocycles. The second kappa shape index (κ2) is 10.1. The summed E-state index contributed by atoms with van der Waals surface area (Å²) in [6.45, 7) is 5.00. The fourth-order valence-corrected chi connectivity index (χ4v) is 4.06. The molecular weight excluding hydrogens is 444 g/mol. The predicted octanol–water partition coefficient (Wildman–Crippen LogP) is 4.33. The molecule has 0 spiro atoms. The van der Waals surface area contributed by atoms with Gasteiger partial charge in [0.15, 0.2) is 5.76 Å². The molecule has 2 amide bonds. The van der Waals surface area contributed by atoms with Gasteiger partial charge in [0.25, 0.3) is 5.91 Å². The number of amides is 2. The molecule has 2 aromatic heterocycles. The minimum atomic E-state index is -0.253. The number of pyridine rings is 1. The number of morpholine rings is 1. The Bertz CT molecular complexity index is 1360. The first-order chi connectivity index (χ1) is 17.0. The summed E-state index contributed by atoms with van der Waals surface area (Å²) < 4.78 is 11.0. The van der Waals surface area contributed by atoms with Gasteiger partial charge in [-0.3, -0.25) is 14.5 Å². The number of anilines is 2. The molecule has 0 bridgehead atoms. The molecule has 8 nitrogen and oxygen atoms in total. The van der Waals surface area contributed by atoms with Crippen LogP contribution in [0.25, 0.3) is 22.4 Å². The molecule has 3 heterocycles. The van der Waals surface area contributed by atoms with Gasteiger partial charge in [-0.15, -0.1) is 0 Å². The molecule has 2 N–H and O–H groups in total. The molecule has 8 heteroatoms. The van der Waals surface area contributed by atoms with E-state index in [-0.39, 0.29) is 11.8 Å². The van der Waals surface area contributed by atoms with Gasteiger partial charge in [0.1, 0.15) is 11.5 Å². The Kier molecular flexibility index (Phi) is 6.56. The number of ether oxygens (including phenoxy) is 1. The van der Waals surface area contributed by atoms with Gasteiger partial charge < -0.3 is 19.8 Å². The first-order valence-corrected chi connectivity index (χ1v) is 11.5. The smallest absolute Gasteiger partial charge is 0.256 e. The third kappa shape index (κ3) is 5.40. The van der Waals surface area contributed by atoms with Gasteiger partial charge in [-0.05, 0) is 55.5 Å². The van der Waals surface area contributed by atoms with Crippen molar-refractivity contribution in [1.29, 1.82) is 0 Å². The van der Waals surface area contributed by atoms with E-state index in [0.29, 0.717) is 53.7 Å². The number of carbonyl (C=O) groups is 2. The third-order valence-corrected chi connectivity index (χ3v) is 5.85. The van der Waals surface area contributed by atoms with Crippen LogP contribution >= 0.6 is 0 Å². The molecule has 35 heavy (non-hydrogen) atoms. The lowest BCUT2D eigenvalue weighted by molar-refractivity contribution is -0.118. The molecule has 4 aromatic rings. The molecule has 5 rings (SSSR count). The number of aromatic nitrogens is 1. The van der Waals surface area contributed by atoms with E-state index in [0.717, 1.165) is 24.2 Å². The van der Waals surface area contributed by atoms with E-state index >= 15 is 0 Å². The fourth-order valence-electron chi connectivity index (χ4n) is 4.06. The van der Waals surface area contributed by atoms with Gasteiger partial charge in [-0.2, -0.15) is 0 Å². The summed E-state index contributed by atoms with van der Waals surface area (Å²) in [6.07, 6.45) is 0. The zero-order valence-electron chi connectivity index (χ0n) is 19.4. The molecule has 0 aliphatic carbocycles. The van der Waals surface area contributed by atoms with Crippen molar-refractivity contribution in [2.45, 2.75) is 6.92 Å². The van der Waals surface area contributed by atoms with Crippen molar-refractivity contribution in [1.82, 2.24) is 9.88 Å². The van der Waals surface area contributed by atoms with Crippen molar-refractivity contribution < 1.29 is 18.7 Å². The Morgan fingerprint density at radius 2 is 1.66 bits per heavy atom. The van der Waals surface area contributed by atoms with Crippen molar-refractivity contribution in [2.24, 2.45) is 0 Å². The summed E-state index contributed by atoms with van der Waals surface area (Å²) in [6, 6.07) is 20.1. The highest BCUT2D eigenvalue weighted by molar-refractivity contribution is 6.13. The van der Waals surface area contributed by atoms with Crippen LogP contribution < -0.4 is 10.6 Å². The van der Waals surface area contributed by atoms with Crippen LogP contribution in [0.5, 0.6) is 0 Å². The number of nitrogens with zero attached hydrogens (tertiary/aromatic N) is 2. The number of benzene rings is 2. The predicted molar refractivity (Wildman–Crippen MR) is 134 cm³/mol. The Morgan fingerprint density at radius 1 is 0.943 bits per heavy atom. The summed E-state index contributed by atoms with van der Waals surface area (Å²) in [7, 11) is 0. The van der Waals surface area contributed by atoms with Crippen molar-refractivity contribution in [2.75, 3.05) is 43.5 Å². The van der Waals surface area contributed by atoms with Crippen LogP contribution in [-0.4, -0.2) is 54.5 Å². The minimum Gasteiger partial charge on any atom is -0.460 e. The van der Waals surface area contributed by atoms with Crippen LogP contribution in [0, 0.1) is 6.92 Å². The molecule has 0 saturated carbocycles. The van der Waals surface area contributed by atoms with Gasteiger partial charge in [0.2, 0.25) is 5.91 Å². The van der Waals surface area contributed by atoms with Crippen LogP contribution in [0.4, 0.5) is 11.4 Å². The molecule has 0 atom stereocenters. The number of para-hydroxylation sites is 1. The van der Waals surface area contributed by atoms with E-state index in [4.69, 9.17) is 9.15 Å². The minimum absolute atomic E-state index is 0.0763. The van der Waals surface area contributed by atoms with E-state index in [2.05, 4.69) is 20.5 Å². The maximum atomic E-state index is 13.2. The summed E-state index contributed by atoms with van der Waals surface area (Å²) in [5, 5.41) is 6.60. The quantitative estimate of drug-likeness (QED) is 0.436. The fraction of sp³-hybridized carbons (Fsp3) is 0.222. The largest absolute Gasteiger partial charge is 0.460 e. The van der Waals surface area contributed by atoms with Crippen LogP contribution in [0.15, 0.2) is 71.1 Å². The topological polar surface area (TPSA) is 96.7 Å². The first-order valence-electron chi connectivity index (χ1n) is 11.5. The Hall–Kier alpha value is -4.01. The highest BCUT2D eigenvalue weighted by atomic mass is 16.5. The summed E-state index contributed by atoms with van der Waals surface area (Å²) in [5.74, 6) is 1.06. The summed E-state index contributed by atoms with van der Waals surface area (Å²) in [5.41, 5.74) is 3.11. The zero-order valence-corrected chi connectivity index (χ0v) is 19.4. The number of carbonyl (C=O) groups excluding carboxylic acids is 2. The molecule has 1 saturated heterocycles. The second-order valence-electron chi connectivity index (χ2n) is 8.45. The number of aryl methyl sites for hydroxylation is 1. The van der Waals surface area contributed by atoms with Gasteiger partial charge in [0.05, 0.1) is 30.8 Å². The average Bonchev–Trinajstić information content (AvgIpc) is 3.31. The monoisotopic (exact) mass is 470 g/mol. The second-order valence-corrected chi connectivity index (χ2v) is 8.45. The number of hydrogen-bond donors (Lipinski definition) is 2. The number of fused-ring (bicyclic) bond motifs is 1. The molecular formula is C27H26N4O4. The number of nitrogens with one attached hydrogen (secondary N) is 2. The maximum Gasteiger partial charge on any atom is 0.256 e. The molecule has 0 radical (unpaired) electrons. The molecule has 0 unspecified atom stereocenters. The first kappa shape index (κ1) is 22.8. The number of hydrogen-bond acceptors (Lipinski definition) is 6. The van der Waals surface area contributed by atoms with Gasteiger partial charge in [-0.1, -0.05) is 18.2 Å². The van der Waals surface area contributed by atoms with Crippen LogP contribution in [0.3, 0.4) is 0 Å². The normalized spacial score (nSPS) is 14.1. The van der Waals surface area contributed by atoms with E-state index in [1.807, 2.05) is 43.3 Å². The third-order valence-electron chi connectivity index (χ3n) is 5.85. The van der Waals surface area contributed by atoms with Crippen LogP contribution in [0.1, 0.15) is 16.1 Å². The maximum absolute atomic E-state index is 13.2. The van der Waals surface area contributed by atoms with Crippen molar-refractivity contribution in [3.63, 3.8) is 0 Å². The lowest BCUT2D eigenvalue weighted by Gasteiger charge is -2.25. The van der Waals surface area contributed by atoms with Crippen molar-refractivity contribution >= 4 is 34.1 Å². The highest BCUT2D eigenvalue weighted by Gasteiger charge is 2.17. The highest BCUT2D eigenvalue weighted by Crippen LogP contribution is 2.27. The molecule has 1 aliphatic rings. The van der Waals surface area contributed by atoms with E-state index in [1.54, 1.807) is 30.3 Å². The van der Waals surface area contributed by atoms with Gasteiger partial charge in [-0.25, -0.2) is 4.98 Å². The molecule has 2 aromatic carbocycles. The lowest BCUT2D eigenvalue weighted by Crippen LogP contribution is -2.41. The van der Waals surface area contributed by atoms with Crippen molar-refractivity contribution in [3.8, 4) is 11.5 Å². The average molecular weight is 471 g/mol. The lowest BCUT2D eigenvalue weighted by atomic mass is 10.1. The Morgan fingerprint density at radius 3 is 2.37 bits per heavy atom. The molecule has 178 valence electrons. The van der Waals surface area contributed by atoms with Crippen LogP contribution in [-0.2, 0) is 9.53 Å². The standard InChI is InChI=1S/C27H26N4O4/c1-18-6-11-25(35-18)24-16-22(21-4-2-3-5-23(21)30-24)27(33)29-20-9-7-19(8-10-20)28-26(32)17-31-12-14-34-15-13-31/h2-11,16H,12-15,17H2,1H3,(H,28,32)(H,29,33). The Balaban J connectivity index is 1.30. The molecule has 1 fully saturated rings. The van der Waals surface area contributed by atoms with Crippen molar-refractivity contribution in [3.05, 3.63) is 78.1 Å². The SMILES string of the molecule is Cc1ccc(-c2cc(C(=O)Nc3ccc(NC(=O)CN4CCOCC4)cc3)c3ccccc3n2)o1. The van der Waals surface area contributed by atoms with E-state index < -0.39 is 0 Å². The van der Waals surface area contributed by atoms with E-state index in [9.17, 15) is 9.59 Å². The summed E-state index contributed by atoms with van der Waals surface area (Å²) in [4.78, 5) is 32.3. The van der Waals surface area contributed by atoms with Gasteiger partial charge in [0, 0.05) is 29.9 Å². The van der Waals surface area contributed by atoms with Gasteiger partial charge >= 0.3 is 0 Å².